The first-order valence-electron chi connectivity index (χ1n) is 7.92. The molecule has 0 atom stereocenters. The molecule has 2 heterocycles. The summed E-state index contributed by atoms with van der Waals surface area (Å²) < 4.78 is 27.5. The fourth-order valence-corrected chi connectivity index (χ4v) is 2.55. The molecule has 1 aromatic carbocycles. The number of benzene rings is 1. The summed E-state index contributed by atoms with van der Waals surface area (Å²) >= 11 is 0. The van der Waals surface area contributed by atoms with Crippen LogP contribution in [0.25, 0.3) is 11.4 Å². The zero-order valence-electron chi connectivity index (χ0n) is 14.4. The Morgan fingerprint density at radius 2 is 1.96 bits per heavy atom. The Labute approximate surface area is 148 Å². The highest BCUT2D eigenvalue weighted by Crippen LogP contribution is 2.19. The van der Waals surface area contributed by atoms with Gasteiger partial charge in [0.1, 0.15) is 23.7 Å². The van der Waals surface area contributed by atoms with Gasteiger partial charge in [0.15, 0.2) is 0 Å². The molecule has 0 aliphatic rings. The van der Waals surface area contributed by atoms with Crippen LogP contribution in [-0.4, -0.2) is 36.7 Å². The molecule has 0 saturated heterocycles. The van der Waals surface area contributed by atoms with E-state index >= 15 is 0 Å². The predicted octanol–water partition coefficient (Wildman–Crippen LogP) is 2.13. The summed E-state index contributed by atoms with van der Waals surface area (Å²) in [7, 11) is 3.85. The molecule has 0 radical (unpaired) electrons. The summed E-state index contributed by atoms with van der Waals surface area (Å²) in [4.78, 5) is 19.9. The van der Waals surface area contributed by atoms with E-state index in [-0.39, 0.29) is 5.82 Å². The van der Waals surface area contributed by atoms with Crippen LogP contribution in [0.4, 0.5) is 8.78 Å². The molecular weight excluding hydrogens is 342 g/mol. The molecule has 0 amide bonds. The molecule has 0 aliphatic heterocycles. The van der Waals surface area contributed by atoms with E-state index in [0.717, 1.165) is 17.5 Å². The van der Waals surface area contributed by atoms with Crippen LogP contribution >= 0.6 is 0 Å². The van der Waals surface area contributed by atoms with Gasteiger partial charge in [0.25, 0.3) is 12.0 Å². The zero-order chi connectivity index (χ0) is 18.7. The van der Waals surface area contributed by atoms with Gasteiger partial charge in [0.05, 0.1) is 6.54 Å². The number of aromatic amines is 1. The molecule has 3 rings (SSSR count). The van der Waals surface area contributed by atoms with Crippen molar-refractivity contribution in [2.24, 2.45) is 7.05 Å². The van der Waals surface area contributed by atoms with Crippen LogP contribution in [0.1, 0.15) is 23.5 Å². The third-order valence-electron chi connectivity index (χ3n) is 3.88. The van der Waals surface area contributed by atoms with E-state index in [9.17, 15) is 13.6 Å². The third-order valence-corrected chi connectivity index (χ3v) is 3.88. The largest absolute Gasteiger partial charge is 0.320 e. The molecule has 0 saturated carbocycles. The minimum absolute atomic E-state index is 0.131. The van der Waals surface area contributed by atoms with Gasteiger partial charge in [-0.3, -0.25) is 9.69 Å². The first-order chi connectivity index (χ1) is 12.4. The third kappa shape index (κ3) is 4.17. The fourth-order valence-electron chi connectivity index (χ4n) is 2.55. The molecule has 1 N–H and O–H groups in total. The molecule has 26 heavy (non-hydrogen) atoms. The first-order valence-corrected chi connectivity index (χ1v) is 7.92. The normalized spacial score (nSPS) is 11.5. The van der Waals surface area contributed by atoms with Crippen molar-refractivity contribution < 1.29 is 8.78 Å². The van der Waals surface area contributed by atoms with Crippen molar-refractivity contribution in [2.45, 2.75) is 19.5 Å². The van der Waals surface area contributed by atoms with E-state index in [4.69, 9.17) is 0 Å². The van der Waals surface area contributed by atoms with E-state index in [1.807, 2.05) is 30.8 Å². The fraction of sp³-hybridized carbons (Fsp3) is 0.294. The number of hydrogen-bond donors (Lipinski definition) is 1. The number of H-pyrrole nitrogens is 1. The second-order valence-electron chi connectivity index (χ2n) is 6.05. The molecule has 0 spiro atoms. The van der Waals surface area contributed by atoms with Crippen molar-refractivity contribution in [3.8, 4) is 11.4 Å². The maximum absolute atomic E-state index is 12.8. The van der Waals surface area contributed by atoms with Crippen LogP contribution in [0.5, 0.6) is 0 Å². The summed E-state index contributed by atoms with van der Waals surface area (Å²) in [5.41, 5.74) is 0.476. The van der Waals surface area contributed by atoms with Crippen LogP contribution in [0.15, 0.2) is 41.5 Å². The lowest BCUT2D eigenvalue weighted by atomic mass is 10.1. The van der Waals surface area contributed by atoms with Crippen LogP contribution < -0.4 is 5.56 Å². The quantitative estimate of drug-likeness (QED) is 0.728. The Balaban J connectivity index is 1.72. The Morgan fingerprint density at radius 3 is 2.58 bits per heavy atom. The highest BCUT2D eigenvalue weighted by atomic mass is 19.3. The molecule has 0 aliphatic carbocycles. The lowest BCUT2D eigenvalue weighted by Gasteiger charge is -2.16. The van der Waals surface area contributed by atoms with Crippen molar-refractivity contribution in [3.63, 3.8) is 0 Å². The number of nitrogens with one attached hydrogen (secondary N) is 1. The van der Waals surface area contributed by atoms with E-state index < -0.39 is 17.7 Å². The van der Waals surface area contributed by atoms with E-state index in [1.165, 1.54) is 0 Å². The maximum Gasteiger partial charge on any atom is 0.280 e. The van der Waals surface area contributed by atoms with E-state index in [1.54, 1.807) is 18.5 Å². The minimum atomic E-state index is -2.79. The van der Waals surface area contributed by atoms with Gasteiger partial charge in [-0.15, -0.1) is 10.2 Å². The van der Waals surface area contributed by atoms with Crippen LogP contribution in [-0.2, 0) is 20.1 Å². The average molecular weight is 360 g/mol. The monoisotopic (exact) mass is 360 g/mol. The number of hydrogen-bond acceptors (Lipinski definition) is 5. The Kier molecular flexibility index (Phi) is 5.17. The molecule has 0 bridgehead atoms. The lowest BCUT2D eigenvalue weighted by molar-refractivity contribution is 0.146. The van der Waals surface area contributed by atoms with Crippen LogP contribution in [0.3, 0.4) is 0 Å². The number of aryl methyl sites for hydroxylation is 1. The molecule has 9 heteroatoms. The summed E-state index contributed by atoms with van der Waals surface area (Å²) in [6.07, 6.45) is -1.14. The van der Waals surface area contributed by atoms with E-state index in [2.05, 4.69) is 25.1 Å². The molecule has 7 nitrogen and oxygen atoms in total. The lowest BCUT2D eigenvalue weighted by Crippen LogP contribution is -2.19. The average Bonchev–Trinajstić information content (AvgIpc) is 2.99. The van der Waals surface area contributed by atoms with Gasteiger partial charge in [-0.2, -0.15) is 0 Å². The molecule has 136 valence electrons. The SMILES string of the molecule is CN(Cc1ccc(-c2nc(C(F)F)cc(=O)[nH]2)cc1)Cc1nncn1C. The first kappa shape index (κ1) is 17.9. The summed E-state index contributed by atoms with van der Waals surface area (Å²) in [6.45, 7) is 1.32. The second kappa shape index (κ2) is 7.52. The van der Waals surface area contributed by atoms with Crippen LogP contribution in [0.2, 0.25) is 0 Å². The van der Waals surface area contributed by atoms with Gasteiger partial charge < -0.3 is 9.55 Å². The van der Waals surface area contributed by atoms with E-state index in [0.29, 0.717) is 18.7 Å². The molecule has 3 aromatic rings. The van der Waals surface area contributed by atoms with Gasteiger partial charge in [-0.1, -0.05) is 24.3 Å². The van der Waals surface area contributed by atoms with Crippen molar-refractivity contribution in [2.75, 3.05) is 7.05 Å². The number of halogens is 2. The zero-order valence-corrected chi connectivity index (χ0v) is 14.4. The van der Waals surface area contributed by atoms with Crippen molar-refractivity contribution >= 4 is 0 Å². The number of nitrogens with zero attached hydrogens (tertiary/aromatic N) is 5. The van der Waals surface area contributed by atoms with Crippen molar-refractivity contribution in [3.05, 3.63) is 64.1 Å². The topological polar surface area (TPSA) is 79.7 Å². The Bertz CT molecular complexity index is 935. The molecular formula is C17H18F2N6O. The molecule has 0 unspecified atom stereocenters. The highest BCUT2D eigenvalue weighted by molar-refractivity contribution is 5.55. The maximum atomic E-state index is 12.8. The summed E-state index contributed by atoms with van der Waals surface area (Å²) in [5.74, 6) is 0.987. The smallest absolute Gasteiger partial charge is 0.280 e. The second-order valence-corrected chi connectivity index (χ2v) is 6.05. The highest BCUT2D eigenvalue weighted by Gasteiger charge is 2.12. The Hall–Kier alpha value is -2.94. The van der Waals surface area contributed by atoms with Gasteiger partial charge in [0.2, 0.25) is 0 Å². The van der Waals surface area contributed by atoms with Crippen molar-refractivity contribution in [1.82, 2.24) is 29.6 Å². The summed E-state index contributed by atoms with van der Waals surface area (Å²) in [6, 6.07) is 8.05. The van der Waals surface area contributed by atoms with Crippen LogP contribution in [0, 0.1) is 0 Å². The number of alkyl halides is 2. The number of rotatable bonds is 6. The standard InChI is InChI=1S/C17H18F2N6O/c1-24(9-14-23-20-10-25(14)2)8-11-3-5-12(6-4-11)17-21-13(16(18)19)7-15(26)22-17/h3-7,10,16H,8-9H2,1-2H3,(H,21,22,26). The minimum Gasteiger partial charge on any atom is -0.320 e. The van der Waals surface area contributed by atoms with Crippen molar-refractivity contribution in [1.29, 1.82) is 0 Å². The van der Waals surface area contributed by atoms with Gasteiger partial charge in [-0.25, -0.2) is 13.8 Å². The van der Waals surface area contributed by atoms with Gasteiger partial charge in [-0.05, 0) is 12.6 Å². The molecule has 0 fully saturated rings. The van der Waals surface area contributed by atoms with Gasteiger partial charge in [0, 0.05) is 25.2 Å². The number of aromatic nitrogens is 5. The molecule has 2 aromatic heterocycles. The van der Waals surface area contributed by atoms with Gasteiger partial charge >= 0.3 is 0 Å². The summed E-state index contributed by atoms with van der Waals surface area (Å²) in [5, 5.41) is 7.90. The predicted molar refractivity (Wildman–Crippen MR) is 91.4 cm³/mol. The Morgan fingerprint density at radius 1 is 1.23 bits per heavy atom.